The predicted octanol–water partition coefficient (Wildman–Crippen LogP) is 3.38. The molecule has 0 spiro atoms. The second kappa shape index (κ2) is 5.90. The molecule has 0 radical (unpaired) electrons. The van der Waals surface area contributed by atoms with E-state index in [1.54, 1.807) is 0 Å². The normalized spacial score (nSPS) is 12.5. The number of hydrogen-bond acceptors (Lipinski definition) is 0. The molecule has 0 nitrogen and oxygen atoms in total. The van der Waals surface area contributed by atoms with Crippen molar-refractivity contribution in [3.05, 3.63) is 59.7 Å². The number of alkyl halides is 6. The Kier molecular flexibility index (Phi) is 4.54. The van der Waals surface area contributed by atoms with E-state index in [-0.39, 0.29) is 0 Å². The average molecular weight is 418 g/mol. The van der Waals surface area contributed by atoms with Gasteiger partial charge in [-0.3, -0.25) is 0 Å². The van der Waals surface area contributed by atoms with E-state index in [1.165, 1.54) is 24.3 Å². The molecule has 0 aliphatic rings. The van der Waals surface area contributed by atoms with Gasteiger partial charge in [0.2, 0.25) is 0 Å². The van der Waals surface area contributed by atoms with Crippen molar-refractivity contribution in [2.75, 3.05) is 0 Å². The van der Waals surface area contributed by atoms with E-state index < -0.39 is 44.4 Å². The first-order valence-electron chi connectivity index (χ1n) is 5.68. The zero-order valence-corrected chi connectivity index (χ0v) is 12.6. The molecule has 7 heteroatoms. The summed E-state index contributed by atoms with van der Waals surface area (Å²) in [5, 5.41) is 0. The fraction of sp³-hybridized carbons (Fsp3) is 0.143. The summed E-state index contributed by atoms with van der Waals surface area (Å²) < 4.78 is 75.9. The van der Waals surface area contributed by atoms with Crippen molar-refractivity contribution in [3.8, 4) is 0 Å². The van der Waals surface area contributed by atoms with Gasteiger partial charge in [-0.05, 0) is 0 Å². The van der Waals surface area contributed by atoms with Crippen molar-refractivity contribution in [1.82, 2.24) is 0 Å². The Morgan fingerprint density at radius 1 is 0.524 bits per heavy atom. The molecule has 0 fully saturated rings. The molecule has 0 saturated heterocycles. The van der Waals surface area contributed by atoms with Crippen LogP contribution in [0.25, 0.3) is 0 Å². The predicted molar refractivity (Wildman–Crippen MR) is 67.9 cm³/mol. The van der Waals surface area contributed by atoms with Crippen molar-refractivity contribution >= 4 is 28.1 Å². The van der Waals surface area contributed by atoms with Crippen molar-refractivity contribution in [2.24, 2.45) is 0 Å². The van der Waals surface area contributed by atoms with Gasteiger partial charge in [0.15, 0.2) is 0 Å². The third kappa shape index (κ3) is 4.39. The summed E-state index contributed by atoms with van der Waals surface area (Å²) in [6.07, 6.45) is -8.76. The number of hydrogen-bond donors (Lipinski definition) is 0. The van der Waals surface area contributed by atoms with E-state index in [9.17, 15) is 26.3 Å². The maximum atomic E-state index is 12.4. The summed E-state index contributed by atoms with van der Waals surface area (Å²) in [6.45, 7) is 0. The van der Waals surface area contributed by atoms with Crippen LogP contribution in [0.2, 0.25) is 0 Å². The van der Waals surface area contributed by atoms with Crippen molar-refractivity contribution in [1.29, 1.82) is 0 Å². The number of halogens is 6. The molecule has 0 saturated carbocycles. The Morgan fingerprint density at radius 2 is 0.810 bits per heavy atom. The first-order chi connectivity index (χ1) is 9.66. The van der Waals surface area contributed by atoms with Crippen LogP contribution in [0.1, 0.15) is 11.1 Å². The molecule has 0 amide bonds. The molecule has 0 unspecified atom stereocenters. The van der Waals surface area contributed by atoms with Gasteiger partial charge in [0.05, 0.1) is 0 Å². The summed E-state index contributed by atoms with van der Waals surface area (Å²) in [5.41, 5.74) is -1.46. The van der Waals surface area contributed by atoms with Gasteiger partial charge in [0, 0.05) is 0 Å². The van der Waals surface area contributed by atoms with Crippen LogP contribution in [0, 0.1) is 0 Å². The van der Waals surface area contributed by atoms with Crippen LogP contribution in [-0.4, -0.2) is 20.9 Å². The second-order valence-corrected chi connectivity index (χ2v) is 7.42. The molecule has 0 N–H and O–H groups in total. The molecule has 0 heterocycles. The van der Waals surface area contributed by atoms with Crippen LogP contribution in [0.5, 0.6) is 0 Å². The molecule has 0 aliphatic heterocycles. The molecule has 0 aliphatic carbocycles. The van der Waals surface area contributed by atoms with E-state index in [1.807, 2.05) is 0 Å². The standard InChI is InChI=1S/C14H8F6Te/c15-13(16,17)9-1-5-11(6-2-9)21-12-7-3-10(4-8-12)14(18,19)20/h1-8H. The van der Waals surface area contributed by atoms with Gasteiger partial charge in [-0.2, -0.15) is 0 Å². The van der Waals surface area contributed by atoms with Crippen molar-refractivity contribution in [2.45, 2.75) is 12.4 Å². The quantitative estimate of drug-likeness (QED) is 0.519. The summed E-state index contributed by atoms with van der Waals surface area (Å²) in [4.78, 5) is 0. The maximum absolute atomic E-state index is 12.4. The van der Waals surface area contributed by atoms with E-state index in [4.69, 9.17) is 0 Å². The molecular formula is C14H8F6Te. The fourth-order valence-electron chi connectivity index (χ4n) is 1.56. The fourth-order valence-corrected chi connectivity index (χ4v) is 3.89. The molecule has 2 rings (SSSR count). The van der Waals surface area contributed by atoms with Crippen molar-refractivity contribution < 1.29 is 26.3 Å². The van der Waals surface area contributed by atoms with E-state index in [0.29, 0.717) is 0 Å². The average Bonchev–Trinajstić information content (AvgIpc) is 2.38. The molecule has 0 aromatic heterocycles. The van der Waals surface area contributed by atoms with Gasteiger partial charge in [0.25, 0.3) is 0 Å². The summed E-state index contributed by atoms with van der Waals surface area (Å²) in [7, 11) is 0. The van der Waals surface area contributed by atoms with Gasteiger partial charge >= 0.3 is 126 Å². The molecule has 21 heavy (non-hydrogen) atoms. The molecule has 2 aromatic carbocycles. The molecule has 2 aromatic rings. The van der Waals surface area contributed by atoms with Crippen molar-refractivity contribution in [3.63, 3.8) is 0 Å². The molecule has 0 bridgehead atoms. The third-order valence-corrected chi connectivity index (χ3v) is 5.50. The van der Waals surface area contributed by atoms with Gasteiger partial charge in [-0.25, -0.2) is 0 Å². The summed E-state index contributed by atoms with van der Waals surface area (Å²) >= 11 is -1.00. The minimum atomic E-state index is -4.38. The Bertz CT molecular complexity index is 540. The Labute approximate surface area is 126 Å². The van der Waals surface area contributed by atoms with Gasteiger partial charge < -0.3 is 0 Å². The van der Waals surface area contributed by atoms with E-state index in [2.05, 4.69) is 0 Å². The van der Waals surface area contributed by atoms with Crippen LogP contribution >= 0.6 is 0 Å². The number of rotatable bonds is 2. The van der Waals surface area contributed by atoms with Crippen LogP contribution in [-0.2, 0) is 12.4 Å². The van der Waals surface area contributed by atoms with Gasteiger partial charge in [-0.1, -0.05) is 0 Å². The zero-order valence-electron chi connectivity index (χ0n) is 10.3. The summed E-state index contributed by atoms with van der Waals surface area (Å²) in [5.74, 6) is 0. The van der Waals surface area contributed by atoms with Gasteiger partial charge in [0.1, 0.15) is 0 Å². The molecule has 112 valence electrons. The van der Waals surface area contributed by atoms with Gasteiger partial charge in [-0.15, -0.1) is 0 Å². The number of benzene rings is 2. The van der Waals surface area contributed by atoms with Crippen LogP contribution in [0.4, 0.5) is 26.3 Å². The monoisotopic (exact) mass is 420 g/mol. The van der Waals surface area contributed by atoms with Crippen LogP contribution in [0.3, 0.4) is 0 Å². The Morgan fingerprint density at radius 3 is 1.05 bits per heavy atom. The topological polar surface area (TPSA) is 0 Å². The molecule has 0 atom stereocenters. The first-order valence-corrected chi connectivity index (χ1v) is 8.02. The SMILES string of the molecule is FC(F)(F)c1ccc([Te]c2ccc(C(F)(F)F)cc2)cc1. The molecular weight excluding hydrogens is 410 g/mol. The van der Waals surface area contributed by atoms with Crippen LogP contribution in [0.15, 0.2) is 48.5 Å². The second-order valence-electron chi connectivity index (χ2n) is 4.15. The first kappa shape index (κ1) is 16.2. The third-order valence-electron chi connectivity index (χ3n) is 2.60. The minimum absolute atomic E-state index is 0.730. The van der Waals surface area contributed by atoms with E-state index in [0.717, 1.165) is 31.5 Å². The van der Waals surface area contributed by atoms with E-state index >= 15 is 0 Å². The summed E-state index contributed by atoms with van der Waals surface area (Å²) in [6, 6.07) is 9.47. The Hall–Kier alpha value is -1.19. The zero-order chi connectivity index (χ0) is 15.7. The van der Waals surface area contributed by atoms with Crippen LogP contribution < -0.4 is 7.22 Å². The Balaban J connectivity index is 2.12.